The van der Waals surface area contributed by atoms with Crippen molar-refractivity contribution < 1.29 is 9.90 Å². The number of ketones is 1. The molecule has 0 aromatic carbocycles. The summed E-state index contributed by atoms with van der Waals surface area (Å²) < 4.78 is 0. The average Bonchev–Trinajstić information content (AvgIpc) is 2.47. The summed E-state index contributed by atoms with van der Waals surface area (Å²) in [7, 11) is 2.02. The van der Waals surface area contributed by atoms with Gasteiger partial charge in [0.2, 0.25) is 0 Å². The van der Waals surface area contributed by atoms with Crippen LogP contribution in [0.1, 0.15) is 27.2 Å². The lowest BCUT2D eigenvalue weighted by Gasteiger charge is -2.24. The number of hydrogen-bond acceptors (Lipinski definition) is 3. The second-order valence-electron chi connectivity index (χ2n) is 5.37. The van der Waals surface area contributed by atoms with Crippen LogP contribution in [-0.2, 0) is 4.79 Å². The second-order valence-corrected chi connectivity index (χ2v) is 5.37. The predicted octanol–water partition coefficient (Wildman–Crippen LogP) is 0.914. The van der Waals surface area contributed by atoms with Crippen LogP contribution in [0.4, 0.5) is 0 Å². The first kappa shape index (κ1) is 11.7. The van der Waals surface area contributed by atoms with Gasteiger partial charge in [0, 0.05) is 17.9 Å². The molecule has 1 fully saturated rings. The summed E-state index contributed by atoms with van der Waals surface area (Å²) in [5, 5.41) is 9.89. The first-order chi connectivity index (χ1) is 6.32. The summed E-state index contributed by atoms with van der Waals surface area (Å²) in [6.45, 7) is 7.40. The van der Waals surface area contributed by atoms with Gasteiger partial charge < -0.3 is 10.0 Å². The molecule has 0 aromatic rings. The van der Waals surface area contributed by atoms with E-state index in [0.717, 1.165) is 19.5 Å². The molecule has 1 aliphatic rings. The molecule has 3 heteroatoms. The molecular formula is C11H21NO2. The van der Waals surface area contributed by atoms with Gasteiger partial charge in [-0.2, -0.15) is 0 Å². The first-order valence-corrected chi connectivity index (χ1v) is 5.23. The van der Waals surface area contributed by atoms with E-state index in [1.807, 2.05) is 27.8 Å². The summed E-state index contributed by atoms with van der Waals surface area (Å²) in [6, 6.07) is 0. The van der Waals surface area contributed by atoms with Crippen molar-refractivity contribution >= 4 is 5.78 Å². The Bertz CT molecular complexity index is 220. The van der Waals surface area contributed by atoms with E-state index in [0.29, 0.717) is 0 Å². The summed E-state index contributed by atoms with van der Waals surface area (Å²) in [5.74, 6) is 0.101. The van der Waals surface area contributed by atoms with Crippen molar-refractivity contribution in [2.75, 3.05) is 20.1 Å². The minimum absolute atomic E-state index is 0.0298. The lowest BCUT2D eigenvalue weighted by molar-refractivity contribution is -0.137. The Labute approximate surface area is 86.1 Å². The van der Waals surface area contributed by atoms with Crippen molar-refractivity contribution in [3.05, 3.63) is 0 Å². The Morgan fingerprint density at radius 1 is 1.50 bits per heavy atom. The SMILES string of the molecule is CN1CCC(C(O)C(=O)C(C)(C)C)C1. The van der Waals surface area contributed by atoms with E-state index >= 15 is 0 Å². The summed E-state index contributed by atoms with van der Waals surface area (Å²) >= 11 is 0. The average molecular weight is 199 g/mol. The lowest BCUT2D eigenvalue weighted by Crippen LogP contribution is -2.38. The van der Waals surface area contributed by atoms with Crippen LogP contribution < -0.4 is 0 Å². The third-order valence-electron chi connectivity index (χ3n) is 2.88. The largest absolute Gasteiger partial charge is 0.385 e. The third-order valence-corrected chi connectivity index (χ3v) is 2.88. The number of likely N-dealkylation sites (tertiary alicyclic amines) is 1. The van der Waals surface area contributed by atoms with Gasteiger partial charge in [-0.25, -0.2) is 0 Å². The van der Waals surface area contributed by atoms with Crippen LogP contribution in [0.15, 0.2) is 0 Å². The minimum atomic E-state index is -0.778. The van der Waals surface area contributed by atoms with Crippen LogP contribution in [0.3, 0.4) is 0 Å². The Morgan fingerprint density at radius 2 is 2.07 bits per heavy atom. The lowest BCUT2D eigenvalue weighted by atomic mass is 9.83. The molecule has 1 saturated heterocycles. The molecule has 14 heavy (non-hydrogen) atoms. The highest BCUT2D eigenvalue weighted by atomic mass is 16.3. The summed E-state index contributed by atoms with van der Waals surface area (Å²) in [4.78, 5) is 13.9. The van der Waals surface area contributed by atoms with Crippen LogP contribution in [0, 0.1) is 11.3 Å². The molecule has 2 atom stereocenters. The number of hydrogen-bond donors (Lipinski definition) is 1. The topological polar surface area (TPSA) is 40.5 Å². The molecule has 1 heterocycles. The van der Waals surface area contributed by atoms with Gasteiger partial charge in [0.25, 0.3) is 0 Å². The molecule has 0 saturated carbocycles. The van der Waals surface area contributed by atoms with E-state index < -0.39 is 11.5 Å². The van der Waals surface area contributed by atoms with Gasteiger partial charge in [0.1, 0.15) is 6.10 Å². The van der Waals surface area contributed by atoms with Crippen molar-refractivity contribution in [2.24, 2.45) is 11.3 Å². The van der Waals surface area contributed by atoms with E-state index in [9.17, 15) is 9.90 Å². The molecular weight excluding hydrogens is 178 g/mol. The third kappa shape index (κ3) is 2.55. The Balaban J connectivity index is 2.57. The molecule has 1 N–H and O–H groups in total. The number of aliphatic hydroxyl groups is 1. The van der Waals surface area contributed by atoms with Crippen LogP contribution in [0.2, 0.25) is 0 Å². The molecule has 0 amide bonds. The van der Waals surface area contributed by atoms with Crippen molar-refractivity contribution in [1.29, 1.82) is 0 Å². The van der Waals surface area contributed by atoms with Crippen LogP contribution in [-0.4, -0.2) is 42.0 Å². The van der Waals surface area contributed by atoms with Gasteiger partial charge in [0.05, 0.1) is 0 Å². The van der Waals surface area contributed by atoms with E-state index in [4.69, 9.17) is 0 Å². The van der Waals surface area contributed by atoms with Crippen molar-refractivity contribution in [2.45, 2.75) is 33.3 Å². The molecule has 0 radical (unpaired) electrons. The highest BCUT2D eigenvalue weighted by Gasteiger charge is 2.36. The highest BCUT2D eigenvalue weighted by molar-refractivity contribution is 5.87. The zero-order valence-electron chi connectivity index (χ0n) is 9.58. The van der Waals surface area contributed by atoms with Crippen molar-refractivity contribution in [3.8, 4) is 0 Å². The van der Waals surface area contributed by atoms with E-state index in [2.05, 4.69) is 4.90 Å². The van der Waals surface area contributed by atoms with Crippen molar-refractivity contribution in [3.63, 3.8) is 0 Å². The monoisotopic (exact) mass is 199 g/mol. The molecule has 2 unspecified atom stereocenters. The van der Waals surface area contributed by atoms with Crippen molar-refractivity contribution in [1.82, 2.24) is 4.90 Å². The number of carbonyl (C=O) groups is 1. The molecule has 1 aliphatic heterocycles. The normalized spacial score (nSPS) is 26.5. The molecule has 0 aromatic heterocycles. The van der Waals surface area contributed by atoms with Crippen LogP contribution >= 0.6 is 0 Å². The molecule has 1 rings (SSSR count). The maximum absolute atomic E-state index is 11.8. The highest BCUT2D eigenvalue weighted by Crippen LogP contribution is 2.25. The molecule has 82 valence electrons. The number of carbonyl (C=O) groups excluding carboxylic acids is 1. The Kier molecular flexibility index (Phi) is 3.32. The Hall–Kier alpha value is -0.410. The number of aliphatic hydroxyl groups excluding tert-OH is 1. The summed E-state index contributed by atoms with van der Waals surface area (Å²) in [6.07, 6.45) is 0.152. The van der Waals surface area contributed by atoms with Crippen LogP contribution in [0.25, 0.3) is 0 Å². The van der Waals surface area contributed by atoms with Gasteiger partial charge in [-0.05, 0) is 20.0 Å². The molecule has 3 nitrogen and oxygen atoms in total. The maximum atomic E-state index is 11.8. The second kappa shape index (κ2) is 3.99. The fraction of sp³-hybridized carbons (Fsp3) is 0.909. The number of Topliss-reactive ketones (excluding diaryl/α,β-unsaturated/α-hetero) is 1. The zero-order valence-corrected chi connectivity index (χ0v) is 9.58. The summed E-state index contributed by atoms with van der Waals surface area (Å²) in [5.41, 5.74) is -0.430. The maximum Gasteiger partial charge on any atom is 0.166 e. The molecule has 0 bridgehead atoms. The fourth-order valence-corrected chi connectivity index (χ4v) is 1.88. The molecule has 0 spiro atoms. The first-order valence-electron chi connectivity index (χ1n) is 5.23. The number of rotatable bonds is 2. The van der Waals surface area contributed by atoms with E-state index in [1.54, 1.807) is 0 Å². The van der Waals surface area contributed by atoms with Gasteiger partial charge in [-0.1, -0.05) is 20.8 Å². The standard InChI is InChI=1S/C11H21NO2/c1-11(2,3)10(14)9(13)8-5-6-12(4)7-8/h8-9,13H,5-7H2,1-4H3. The zero-order chi connectivity index (χ0) is 10.9. The van der Waals surface area contributed by atoms with Gasteiger partial charge in [-0.15, -0.1) is 0 Å². The molecule has 0 aliphatic carbocycles. The Morgan fingerprint density at radius 3 is 2.43 bits per heavy atom. The minimum Gasteiger partial charge on any atom is -0.385 e. The van der Waals surface area contributed by atoms with Gasteiger partial charge in [-0.3, -0.25) is 4.79 Å². The van der Waals surface area contributed by atoms with Gasteiger partial charge in [0.15, 0.2) is 5.78 Å². The van der Waals surface area contributed by atoms with E-state index in [-0.39, 0.29) is 11.7 Å². The smallest absolute Gasteiger partial charge is 0.166 e. The quantitative estimate of drug-likeness (QED) is 0.719. The van der Waals surface area contributed by atoms with E-state index in [1.165, 1.54) is 0 Å². The van der Waals surface area contributed by atoms with Crippen LogP contribution in [0.5, 0.6) is 0 Å². The predicted molar refractivity (Wildman–Crippen MR) is 56.1 cm³/mol. The number of nitrogens with zero attached hydrogens (tertiary/aromatic N) is 1. The van der Waals surface area contributed by atoms with Gasteiger partial charge >= 0.3 is 0 Å². The fourth-order valence-electron chi connectivity index (χ4n) is 1.88.